The zero-order valence-electron chi connectivity index (χ0n) is 9.96. The van der Waals surface area contributed by atoms with Gasteiger partial charge in [0.15, 0.2) is 0 Å². The summed E-state index contributed by atoms with van der Waals surface area (Å²) in [6.07, 6.45) is 0. The number of oxazole rings is 1. The van der Waals surface area contributed by atoms with Crippen LogP contribution in [-0.2, 0) is 13.1 Å². The van der Waals surface area contributed by atoms with Crippen molar-refractivity contribution in [2.24, 2.45) is 0 Å². The Morgan fingerprint density at radius 3 is 2.47 bits per heavy atom. The third kappa shape index (κ3) is 3.41. The molecule has 17 heavy (non-hydrogen) atoms. The van der Waals surface area contributed by atoms with Crippen molar-refractivity contribution in [1.82, 2.24) is 10.3 Å². The van der Waals surface area contributed by atoms with E-state index in [9.17, 15) is 0 Å². The predicted octanol–water partition coefficient (Wildman–Crippen LogP) is 3.34. The van der Waals surface area contributed by atoms with E-state index in [-0.39, 0.29) is 0 Å². The molecular weight excluding hydrogens is 280 g/mol. The largest absolute Gasteiger partial charge is 0.444 e. The molecule has 0 bridgehead atoms. The summed E-state index contributed by atoms with van der Waals surface area (Å²) in [6, 6.07) is 8.25. The first-order valence-corrected chi connectivity index (χ1v) is 6.32. The van der Waals surface area contributed by atoms with E-state index < -0.39 is 0 Å². The number of benzene rings is 1. The smallest absolute Gasteiger partial charge is 0.208 e. The SMILES string of the molecule is Cc1nc(CNCc2ccc(Br)cc2)oc1C. The number of hydrogen-bond acceptors (Lipinski definition) is 3. The minimum atomic E-state index is 0.657. The normalized spacial score (nSPS) is 10.8. The lowest BCUT2D eigenvalue weighted by Gasteiger charge is -2.02. The maximum absolute atomic E-state index is 5.49. The summed E-state index contributed by atoms with van der Waals surface area (Å²) >= 11 is 3.42. The topological polar surface area (TPSA) is 38.1 Å². The zero-order valence-corrected chi connectivity index (χ0v) is 11.5. The molecule has 0 saturated carbocycles. The van der Waals surface area contributed by atoms with Crippen molar-refractivity contribution in [3.05, 3.63) is 51.6 Å². The van der Waals surface area contributed by atoms with Gasteiger partial charge in [0.1, 0.15) is 5.76 Å². The molecule has 90 valence electrons. The number of aryl methyl sites for hydroxylation is 2. The quantitative estimate of drug-likeness (QED) is 0.940. The Morgan fingerprint density at radius 1 is 1.18 bits per heavy atom. The van der Waals surface area contributed by atoms with Crippen LogP contribution in [0.1, 0.15) is 22.9 Å². The van der Waals surface area contributed by atoms with Crippen LogP contribution in [0.5, 0.6) is 0 Å². The first kappa shape index (κ1) is 12.3. The standard InChI is InChI=1S/C13H15BrN2O/c1-9-10(2)17-13(16-9)8-15-7-11-3-5-12(14)6-4-11/h3-6,15H,7-8H2,1-2H3. The van der Waals surface area contributed by atoms with E-state index in [4.69, 9.17) is 4.42 Å². The van der Waals surface area contributed by atoms with Crippen LogP contribution in [0.3, 0.4) is 0 Å². The van der Waals surface area contributed by atoms with Crippen molar-refractivity contribution in [3.8, 4) is 0 Å². The van der Waals surface area contributed by atoms with Gasteiger partial charge in [-0.15, -0.1) is 0 Å². The second-order valence-corrected chi connectivity index (χ2v) is 4.89. The average molecular weight is 295 g/mol. The summed E-state index contributed by atoms with van der Waals surface area (Å²) in [7, 11) is 0. The molecule has 1 aromatic heterocycles. The van der Waals surface area contributed by atoms with Gasteiger partial charge < -0.3 is 9.73 Å². The van der Waals surface area contributed by atoms with Gasteiger partial charge in [-0.1, -0.05) is 28.1 Å². The molecule has 0 unspecified atom stereocenters. The number of rotatable bonds is 4. The highest BCUT2D eigenvalue weighted by Gasteiger charge is 2.04. The molecule has 0 saturated heterocycles. The fraction of sp³-hybridized carbons (Fsp3) is 0.308. The molecule has 0 aliphatic heterocycles. The van der Waals surface area contributed by atoms with E-state index in [2.05, 4.69) is 38.4 Å². The van der Waals surface area contributed by atoms with Crippen molar-refractivity contribution >= 4 is 15.9 Å². The first-order valence-electron chi connectivity index (χ1n) is 5.53. The third-order valence-corrected chi connectivity index (χ3v) is 3.12. The van der Waals surface area contributed by atoms with Gasteiger partial charge >= 0.3 is 0 Å². The fourth-order valence-electron chi connectivity index (χ4n) is 1.53. The van der Waals surface area contributed by atoms with Crippen molar-refractivity contribution in [1.29, 1.82) is 0 Å². The van der Waals surface area contributed by atoms with E-state index in [0.29, 0.717) is 6.54 Å². The summed E-state index contributed by atoms with van der Waals surface area (Å²) in [5.41, 5.74) is 2.21. The summed E-state index contributed by atoms with van der Waals surface area (Å²) in [5.74, 6) is 1.64. The molecule has 0 fully saturated rings. The Labute approximate surface area is 109 Å². The molecule has 3 nitrogen and oxygen atoms in total. The highest BCUT2D eigenvalue weighted by atomic mass is 79.9. The molecule has 2 aromatic rings. The number of hydrogen-bond donors (Lipinski definition) is 1. The van der Waals surface area contributed by atoms with E-state index in [1.54, 1.807) is 0 Å². The van der Waals surface area contributed by atoms with Crippen LogP contribution in [0, 0.1) is 13.8 Å². The number of halogens is 1. The van der Waals surface area contributed by atoms with Crippen LogP contribution in [0.25, 0.3) is 0 Å². The van der Waals surface area contributed by atoms with Crippen LogP contribution >= 0.6 is 15.9 Å². The first-order chi connectivity index (χ1) is 8.15. The van der Waals surface area contributed by atoms with Gasteiger partial charge in [-0.25, -0.2) is 4.98 Å². The highest BCUT2D eigenvalue weighted by Crippen LogP contribution is 2.11. The van der Waals surface area contributed by atoms with Gasteiger partial charge in [0.05, 0.1) is 12.2 Å². The van der Waals surface area contributed by atoms with Crippen LogP contribution in [-0.4, -0.2) is 4.98 Å². The molecule has 2 rings (SSSR count). The van der Waals surface area contributed by atoms with Crippen LogP contribution < -0.4 is 5.32 Å². The van der Waals surface area contributed by atoms with Gasteiger partial charge in [-0.2, -0.15) is 0 Å². The Balaban J connectivity index is 1.85. The minimum Gasteiger partial charge on any atom is -0.444 e. The Morgan fingerprint density at radius 2 is 1.88 bits per heavy atom. The Hall–Kier alpha value is -1.13. The summed E-state index contributed by atoms with van der Waals surface area (Å²) < 4.78 is 6.59. The van der Waals surface area contributed by atoms with E-state index in [1.165, 1.54) is 5.56 Å². The second kappa shape index (κ2) is 5.47. The van der Waals surface area contributed by atoms with Crippen molar-refractivity contribution in [2.45, 2.75) is 26.9 Å². The molecule has 0 atom stereocenters. The fourth-order valence-corrected chi connectivity index (χ4v) is 1.80. The summed E-state index contributed by atoms with van der Waals surface area (Å²) in [5, 5.41) is 3.31. The Bertz CT molecular complexity index is 471. The maximum Gasteiger partial charge on any atom is 0.208 e. The molecule has 0 spiro atoms. The molecule has 1 heterocycles. The molecule has 0 aliphatic rings. The molecule has 1 aromatic carbocycles. The van der Waals surface area contributed by atoms with Crippen molar-refractivity contribution < 1.29 is 4.42 Å². The number of nitrogens with one attached hydrogen (secondary N) is 1. The van der Waals surface area contributed by atoms with Crippen molar-refractivity contribution in [3.63, 3.8) is 0 Å². The highest BCUT2D eigenvalue weighted by molar-refractivity contribution is 9.10. The van der Waals surface area contributed by atoms with Gasteiger partial charge in [-0.05, 0) is 31.5 Å². The monoisotopic (exact) mass is 294 g/mol. The van der Waals surface area contributed by atoms with Gasteiger partial charge in [0.25, 0.3) is 0 Å². The lowest BCUT2D eigenvalue weighted by atomic mass is 10.2. The summed E-state index contributed by atoms with van der Waals surface area (Å²) in [6.45, 7) is 5.36. The Kier molecular flexibility index (Phi) is 3.97. The van der Waals surface area contributed by atoms with Crippen LogP contribution in [0.2, 0.25) is 0 Å². The molecule has 0 radical (unpaired) electrons. The minimum absolute atomic E-state index is 0.657. The van der Waals surface area contributed by atoms with E-state index in [1.807, 2.05) is 26.0 Å². The lowest BCUT2D eigenvalue weighted by Crippen LogP contribution is -2.12. The second-order valence-electron chi connectivity index (χ2n) is 3.98. The van der Waals surface area contributed by atoms with Gasteiger partial charge in [0.2, 0.25) is 5.89 Å². The number of nitrogens with zero attached hydrogens (tertiary/aromatic N) is 1. The average Bonchev–Trinajstić information content (AvgIpc) is 2.61. The maximum atomic E-state index is 5.49. The molecular formula is C13H15BrN2O. The third-order valence-electron chi connectivity index (χ3n) is 2.59. The van der Waals surface area contributed by atoms with Gasteiger partial charge in [0, 0.05) is 11.0 Å². The van der Waals surface area contributed by atoms with E-state index in [0.717, 1.165) is 28.4 Å². The molecule has 4 heteroatoms. The van der Waals surface area contributed by atoms with Crippen LogP contribution in [0.4, 0.5) is 0 Å². The zero-order chi connectivity index (χ0) is 12.3. The lowest BCUT2D eigenvalue weighted by molar-refractivity contribution is 0.448. The van der Waals surface area contributed by atoms with Crippen LogP contribution in [0.15, 0.2) is 33.2 Å². The van der Waals surface area contributed by atoms with E-state index >= 15 is 0 Å². The summed E-state index contributed by atoms with van der Waals surface area (Å²) in [4.78, 5) is 4.32. The van der Waals surface area contributed by atoms with Crippen molar-refractivity contribution in [2.75, 3.05) is 0 Å². The molecule has 0 aliphatic carbocycles. The molecule has 0 amide bonds. The predicted molar refractivity (Wildman–Crippen MR) is 70.7 cm³/mol. The number of aromatic nitrogens is 1. The molecule has 1 N–H and O–H groups in total. The van der Waals surface area contributed by atoms with Gasteiger partial charge in [-0.3, -0.25) is 0 Å².